The molecular formula is C10H21ClN2O2S. The Labute approximate surface area is 104 Å². The van der Waals surface area contributed by atoms with Crippen LogP contribution in [0.3, 0.4) is 0 Å². The molecule has 0 bridgehead atoms. The minimum Gasteiger partial charge on any atom is -0.195 e. The molecule has 6 heteroatoms. The van der Waals surface area contributed by atoms with E-state index in [9.17, 15) is 8.42 Å². The maximum Gasteiger partial charge on any atom is 0.282 e. The van der Waals surface area contributed by atoms with Crippen molar-refractivity contribution in [1.29, 1.82) is 0 Å². The van der Waals surface area contributed by atoms with E-state index in [1.54, 1.807) is 4.31 Å². The molecule has 0 aliphatic heterocycles. The molecule has 1 aliphatic carbocycles. The van der Waals surface area contributed by atoms with E-state index in [1.165, 1.54) is 4.31 Å². The lowest BCUT2D eigenvalue weighted by atomic mass is 9.93. The Hall–Kier alpha value is 0.160. The Kier molecular flexibility index (Phi) is 5.50. The van der Waals surface area contributed by atoms with Crippen molar-refractivity contribution in [3.8, 4) is 0 Å². The molecule has 1 aliphatic rings. The molecule has 1 saturated carbocycles. The fraction of sp³-hybridized carbons (Fsp3) is 1.00. The number of alkyl halides is 1. The van der Waals surface area contributed by atoms with Crippen LogP contribution < -0.4 is 0 Å². The lowest BCUT2D eigenvalue weighted by molar-refractivity contribution is 0.213. The van der Waals surface area contributed by atoms with E-state index in [1.807, 2.05) is 13.8 Å². The molecule has 0 aromatic carbocycles. The summed E-state index contributed by atoms with van der Waals surface area (Å²) in [5.41, 5.74) is 0. The van der Waals surface area contributed by atoms with Gasteiger partial charge in [-0.25, -0.2) is 0 Å². The number of halogens is 1. The maximum absolute atomic E-state index is 12.3. The van der Waals surface area contributed by atoms with Crippen molar-refractivity contribution in [2.24, 2.45) is 0 Å². The summed E-state index contributed by atoms with van der Waals surface area (Å²) in [5.74, 6) is 0.358. The van der Waals surface area contributed by atoms with Crippen molar-refractivity contribution < 1.29 is 8.42 Å². The predicted octanol–water partition coefficient (Wildman–Crippen LogP) is 1.67. The lowest BCUT2D eigenvalue weighted by Crippen LogP contribution is -2.51. The zero-order valence-corrected chi connectivity index (χ0v) is 11.6. The van der Waals surface area contributed by atoms with Crippen molar-refractivity contribution in [1.82, 2.24) is 8.61 Å². The standard InChI is InChI=1S/C10H21ClN2O2S/c1-3-12(4-2)16(14,15)13(9-8-11)10-6-5-7-10/h10H,3-9H2,1-2H3. The Balaban J connectivity index is 2.82. The first-order chi connectivity index (χ1) is 7.57. The second-order valence-electron chi connectivity index (χ2n) is 3.98. The fourth-order valence-corrected chi connectivity index (χ4v) is 4.08. The minimum absolute atomic E-state index is 0.171. The molecule has 0 spiro atoms. The molecule has 1 fully saturated rings. The molecule has 96 valence electrons. The molecule has 16 heavy (non-hydrogen) atoms. The molecule has 0 aromatic rings. The van der Waals surface area contributed by atoms with Crippen molar-refractivity contribution in [2.45, 2.75) is 39.2 Å². The van der Waals surface area contributed by atoms with Gasteiger partial charge in [-0.15, -0.1) is 11.6 Å². The Morgan fingerprint density at radius 2 is 1.81 bits per heavy atom. The number of rotatable bonds is 7. The highest BCUT2D eigenvalue weighted by Gasteiger charge is 2.35. The fourth-order valence-electron chi connectivity index (χ4n) is 1.94. The highest BCUT2D eigenvalue weighted by molar-refractivity contribution is 7.86. The average molecular weight is 269 g/mol. The van der Waals surface area contributed by atoms with Crippen LogP contribution in [0.25, 0.3) is 0 Å². The highest BCUT2D eigenvalue weighted by Crippen LogP contribution is 2.28. The van der Waals surface area contributed by atoms with Crippen LogP contribution in [0, 0.1) is 0 Å². The zero-order chi connectivity index (χ0) is 12.2. The molecule has 0 unspecified atom stereocenters. The predicted molar refractivity (Wildman–Crippen MR) is 66.9 cm³/mol. The van der Waals surface area contributed by atoms with Crippen LogP contribution in [0.1, 0.15) is 33.1 Å². The van der Waals surface area contributed by atoms with Gasteiger partial charge < -0.3 is 0 Å². The topological polar surface area (TPSA) is 40.6 Å². The third-order valence-electron chi connectivity index (χ3n) is 3.11. The normalized spacial score (nSPS) is 18.1. The van der Waals surface area contributed by atoms with Gasteiger partial charge in [-0.3, -0.25) is 0 Å². The SMILES string of the molecule is CCN(CC)S(=O)(=O)N(CCCl)C1CCC1. The third-order valence-corrected chi connectivity index (χ3v) is 5.53. The Bertz CT molecular complexity index is 300. The number of hydrogen-bond donors (Lipinski definition) is 0. The second-order valence-corrected chi connectivity index (χ2v) is 6.24. The summed E-state index contributed by atoms with van der Waals surface area (Å²) in [4.78, 5) is 0. The first-order valence-electron chi connectivity index (χ1n) is 5.90. The molecular weight excluding hydrogens is 248 g/mol. The van der Waals surface area contributed by atoms with Gasteiger partial charge >= 0.3 is 0 Å². The van der Waals surface area contributed by atoms with Crippen molar-refractivity contribution in [3.63, 3.8) is 0 Å². The zero-order valence-electron chi connectivity index (χ0n) is 10.0. The molecule has 4 nitrogen and oxygen atoms in total. The number of nitrogens with zero attached hydrogens (tertiary/aromatic N) is 2. The van der Waals surface area contributed by atoms with Gasteiger partial charge in [-0.2, -0.15) is 17.0 Å². The summed E-state index contributed by atoms with van der Waals surface area (Å²) >= 11 is 5.69. The lowest BCUT2D eigenvalue weighted by Gasteiger charge is -2.38. The summed E-state index contributed by atoms with van der Waals surface area (Å²) in [5, 5.41) is 0. The summed E-state index contributed by atoms with van der Waals surface area (Å²) < 4.78 is 27.7. The number of hydrogen-bond acceptors (Lipinski definition) is 2. The van der Waals surface area contributed by atoms with Crippen LogP contribution in [0.4, 0.5) is 0 Å². The van der Waals surface area contributed by atoms with Crippen LogP contribution in [-0.2, 0) is 10.2 Å². The summed E-state index contributed by atoms with van der Waals surface area (Å²) in [6, 6.07) is 0.171. The van der Waals surface area contributed by atoms with Gasteiger partial charge in [0.15, 0.2) is 0 Å². The Morgan fingerprint density at radius 1 is 1.25 bits per heavy atom. The first-order valence-corrected chi connectivity index (χ1v) is 7.83. The first kappa shape index (κ1) is 14.2. The molecule has 0 amide bonds. The van der Waals surface area contributed by atoms with E-state index in [-0.39, 0.29) is 6.04 Å². The van der Waals surface area contributed by atoms with Crippen molar-refractivity contribution in [3.05, 3.63) is 0 Å². The smallest absolute Gasteiger partial charge is 0.195 e. The van der Waals surface area contributed by atoms with Gasteiger partial charge in [0, 0.05) is 31.6 Å². The molecule has 0 heterocycles. The van der Waals surface area contributed by atoms with Crippen LogP contribution in [0.2, 0.25) is 0 Å². The van der Waals surface area contributed by atoms with Gasteiger partial charge in [-0.1, -0.05) is 20.3 Å². The van der Waals surface area contributed by atoms with Gasteiger partial charge in [0.05, 0.1) is 0 Å². The molecule has 0 atom stereocenters. The van der Waals surface area contributed by atoms with E-state index in [0.29, 0.717) is 25.5 Å². The average Bonchev–Trinajstić information content (AvgIpc) is 2.16. The molecule has 1 rings (SSSR count). The van der Waals surface area contributed by atoms with E-state index in [2.05, 4.69) is 0 Å². The van der Waals surface area contributed by atoms with E-state index in [4.69, 9.17) is 11.6 Å². The summed E-state index contributed by atoms with van der Waals surface area (Å²) in [6.45, 7) is 5.18. The molecule has 0 radical (unpaired) electrons. The maximum atomic E-state index is 12.3. The van der Waals surface area contributed by atoms with Crippen LogP contribution in [0.5, 0.6) is 0 Å². The third kappa shape index (κ3) is 2.88. The van der Waals surface area contributed by atoms with Crippen LogP contribution >= 0.6 is 11.6 Å². The Morgan fingerprint density at radius 3 is 2.12 bits per heavy atom. The molecule has 0 saturated heterocycles. The van der Waals surface area contributed by atoms with E-state index < -0.39 is 10.2 Å². The van der Waals surface area contributed by atoms with Gasteiger partial charge in [0.2, 0.25) is 0 Å². The minimum atomic E-state index is -3.30. The van der Waals surface area contributed by atoms with Gasteiger partial charge in [-0.05, 0) is 12.8 Å². The van der Waals surface area contributed by atoms with Crippen LogP contribution in [0.15, 0.2) is 0 Å². The van der Waals surface area contributed by atoms with Crippen LogP contribution in [-0.4, -0.2) is 48.6 Å². The van der Waals surface area contributed by atoms with Crippen molar-refractivity contribution in [2.75, 3.05) is 25.5 Å². The molecule has 0 aromatic heterocycles. The van der Waals surface area contributed by atoms with Crippen molar-refractivity contribution >= 4 is 21.8 Å². The van der Waals surface area contributed by atoms with E-state index in [0.717, 1.165) is 19.3 Å². The quantitative estimate of drug-likeness (QED) is 0.659. The highest BCUT2D eigenvalue weighted by atomic mass is 35.5. The second kappa shape index (κ2) is 6.19. The van der Waals surface area contributed by atoms with E-state index >= 15 is 0 Å². The van der Waals surface area contributed by atoms with Gasteiger partial charge in [0.25, 0.3) is 10.2 Å². The summed E-state index contributed by atoms with van der Waals surface area (Å²) in [6.07, 6.45) is 3.06. The largest absolute Gasteiger partial charge is 0.282 e. The van der Waals surface area contributed by atoms with Gasteiger partial charge in [0.1, 0.15) is 0 Å². The summed E-state index contributed by atoms with van der Waals surface area (Å²) in [7, 11) is -3.30. The monoisotopic (exact) mass is 268 g/mol. The molecule has 0 N–H and O–H groups in total.